The van der Waals surface area contributed by atoms with Gasteiger partial charge in [-0.2, -0.15) is 0 Å². The summed E-state index contributed by atoms with van der Waals surface area (Å²) in [6.45, 7) is 0. The number of rotatable bonds is 4. The molecule has 0 N–H and O–H groups in total. The Morgan fingerprint density at radius 2 is 1.95 bits per heavy atom. The molecular weight excluding hydrogens is 309 g/mol. The van der Waals surface area contributed by atoms with Crippen LogP contribution in [0.1, 0.15) is 16.5 Å². The highest BCUT2D eigenvalue weighted by Gasteiger charge is 2.14. The monoisotopic (exact) mass is 321 g/mol. The zero-order valence-corrected chi connectivity index (χ0v) is 13.1. The Hall–Kier alpha value is -1.09. The van der Waals surface area contributed by atoms with E-state index in [-0.39, 0.29) is 5.92 Å². The number of benzene rings is 2. The van der Waals surface area contributed by atoms with Gasteiger partial charge >= 0.3 is 0 Å². The summed E-state index contributed by atoms with van der Waals surface area (Å²) in [6, 6.07) is 16.1. The Bertz CT molecular complexity index is 690. The van der Waals surface area contributed by atoms with Crippen molar-refractivity contribution in [2.24, 2.45) is 0 Å². The maximum atomic E-state index is 6.14. The topological polar surface area (TPSA) is 12.9 Å². The molecule has 0 aliphatic carbocycles. The van der Waals surface area contributed by atoms with Gasteiger partial charge < -0.3 is 0 Å². The minimum Gasteiger partial charge on any atom is -0.241 e. The van der Waals surface area contributed by atoms with Gasteiger partial charge in [-0.15, -0.1) is 22.9 Å². The third-order valence-electron chi connectivity index (χ3n) is 3.27. The Labute approximate surface area is 132 Å². The Kier molecular flexibility index (Phi) is 4.25. The Morgan fingerprint density at radius 1 is 1.10 bits per heavy atom. The number of hydrogen-bond acceptors (Lipinski definition) is 2. The van der Waals surface area contributed by atoms with Crippen LogP contribution in [0.2, 0.25) is 5.02 Å². The number of nitrogens with zero attached hydrogens (tertiary/aromatic N) is 1. The number of halogens is 2. The van der Waals surface area contributed by atoms with Gasteiger partial charge in [0.15, 0.2) is 0 Å². The summed E-state index contributed by atoms with van der Waals surface area (Å²) < 4.78 is 1.22. The predicted octanol–water partition coefficient (Wildman–Crippen LogP) is 5.51. The number of hydrogen-bond donors (Lipinski definition) is 0. The van der Waals surface area contributed by atoms with Crippen molar-refractivity contribution in [3.63, 3.8) is 0 Å². The van der Waals surface area contributed by atoms with Crippen molar-refractivity contribution in [1.29, 1.82) is 0 Å². The summed E-state index contributed by atoms with van der Waals surface area (Å²) in [4.78, 5) is 4.68. The van der Waals surface area contributed by atoms with Gasteiger partial charge in [0.2, 0.25) is 0 Å². The van der Waals surface area contributed by atoms with E-state index in [2.05, 4.69) is 17.1 Å². The molecule has 4 heteroatoms. The summed E-state index contributed by atoms with van der Waals surface area (Å²) in [6.07, 6.45) is 0.850. The molecule has 1 aromatic heterocycles. The SMILES string of the molecule is ClCC(Cc1nc2ccccc2s1)c1cccc(Cl)c1. The van der Waals surface area contributed by atoms with Crippen LogP contribution in [0, 0.1) is 0 Å². The summed E-state index contributed by atoms with van der Waals surface area (Å²) >= 11 is 13.9. The number of fused-ring (bicyclic) bond motifs is 1. The minimum atomic E-state index is 0.246. The van der Waals surface area contributed by atoms with Crippen LogP contribution in [0.3, 0.4) is 0 Å². The van der Waals surface area contributed by atoms with Gasteiger partial charge in [0, 0.05) is 23.2 Å². The van der Waals surface area contributed by atoms with Crippen molar-refractivity contribution in [2.75, 3.05) is 5.88 Å². The zero-order valence-electron chi connectivity index (χ0n) is 10.7. The van der Waals surface area contributed by atoms with Gasteiger partial charge in [0.25, 0.3) is 0 Å². The van der Waals surface area contributed by atoms with Crippen molar-refractivity contribution >= 4 is 44.8 Å². The van der Waals surface area contributed by atoms with Crippen molar-refractivity contribution in [3.05, 3.63) is 64.1 Å². The smallest absolute Gasteiger partial charge is 0.0945 e. The van der Waals surface area contributed by atoms with E-state index in [1.807, 2.05) is 36.4 Å². The first-order valence-electron chi connectivity index (χ1n) is 6.42. The van der Waals surface area contributed by atoms with Gasteiger partial charge in [-0.3, -0.25) is 0 Å². The van der Waals surface area contributed by atoms with Crippen LogP contribution in [0.25, 0.3) is 10.2 Å². The van der Waals surface area contributed by atoms with Crippen LogP contribution in [0.5, 0.6) is 0 Å². The highest BCUT2D eigenvalue weighted by molar-refractivity contribution is 7.18. The van der Waals surface area contributed by atoms with E-state index >= 15 is 0 Å². The molecule has 0 radical (unpaired) electrons. The average Bonchev–Trinajstić information content (AvgIpc) is 2.87. The molecule has 1 nitrogen and oxygen atoms in total. The van der Waals surface area contributed by atoms with Gasteiger partial charge in [-0.25, -0.2) is 4.98 Å². The molecular formula is C16H13Cl2NS. The standard InChI is InChI=1S/C16H13Cl2NS/c17-10-12(11-4-3-5-13(18)8-11)9-16-19-14-6-1-2-7-15(14)20-16/h1-8,12H,9-10H2. The average molecular weight is 322 g/mol. The molecule has 0 spiro atoms. The van der Waals surface area contributed by atoms with E-state index in [0.29, 0.717) is 5.88 Å². The molecule has 20 heavy (non-hydrogen) atoms. The molecule has 0 aliphatic rings. The van der Waals surface area contributed by atoms with Gasteiger partial charge in [0.1, 0.15) is 0 Å². The third-order valence-corrected chi connectivity index (χ3v) is 4.93. The van der Waals surface area contributed by atoms with E-state index in [1.165, 1.54) is 10.3 Å². The Morgan fingerprint density at radius 3 is 2.70 bits per heavy atom. The van der Waals surface area contributed by atoms with Gasteiger partial charge in [0.05, 0.1) is 15.2 Å². The lowest BCUT2D eigenvalue weighted by atomic mass is 9.98. The molecule has 1 unspecified atom stereocenters. The molecule has 2 aromatic carbocycles. The van der Waals surface area contributed by atoms with Gasteiger partial charge in [-0.1, -0.05) is 35.9 Å². The molecule has 0 amide bonds. The number of para-hydroxylation sites is 1. The van der Waals surface area contributed by atoms with E-state index < -0.39 is 0 Å². The van der Waals surface area contributed by atoms with Crippen LogP contribution >= 0.6 is 34.5 Å². The maximum Gasteiger partial charge on any atom is 0.0945 e. The largest absolute Gasteiger partial charge is 0.241 e. The van der Waals surface area contributed by atoms with Crippen LogP contribution in [0.15, 0.2) is 48.5 Å². The molecule has 0 saturated carbocycles. The van der Waals surface area contributed by atoms with E-state index in [0.717, 1.165) is 22.0 Å². The molecule has 1 heterocycles. The second-order valence-corrected chi connectivity index (χ2v) is 6.55. The predicted molar refractivity (Wildman–Crippen MR) is 88.2 cm³/mol. The van der Waals surface area contributed by atoms with Crippen molar-refractivity contribution in [2.45, 2.75) is 12.3 Å². The fraction of sp³-hybridized carbons (Fsp3) is 0.188. The van der Waals surface area contributed by atoms with Crippen molar-refractivity contribution in [3.8, 4) is 0 Å². The minimum absolute atomic E-state index is 0.246. The fourth-order valence-electron chi connectivity index (χ4n) is 2.24. The van der Waals surface area contributed by atoms with Crippen LogP contribution in [-0.2, 0) is 6.42 Å². The summed E-state index contributed by atoms with van der Waals surface area (Å²) in [5, 5.41) is 1.87. The Balaban J connectivity index is 1.87. The van der Waals surface area contributed by atoms with Crippen molar-refractivity contribution < 1.29 is 0 Å². The first kappa shape index (κ1) is 13.9. The molecule has 1 atom stereocenters. The zero-order chi connectivity index (χ0) is 13.9. The van der Waals surface area contributed by atoms with E-state index in [1.54, 1.807) is 11.3 Å². The summed E-state index contributed by atoms with van der Waals surface area (Å²) in [5.41, 5.74) is 2.23. The molecule has 0 bridgehead atoms. The maximum absolute atomic E-state index is 6.14. The number of aromatic nitrogens is 1. The second-order valence-electron chi connectivity index (χ2n) is 4.69. The number of alkyl halides is 1. The lowest BCUT2D eigenvalue weighted by Crippen LogP contribution is -2.04. The third kappa shape index (κ3) is 2.98. The highest BCUT2D eigenvalue weighted by atomic mass is 35.5. The van der Waals surface area contributed by atoms with Crippen LogP contribution in [-0.4, -0.2) is 10.9 Å². The molecule has 0 fully saturated rings. The van der Waals surface area contributed by atoms with Crippen LogP contribution in [0.4, 0.5) is 0 Å². The fourth-order valence-corrected chi connectivity index (χ4v) is 3.77. The van der Waals surface area contributed by atoms with E-state index in [9.17, 15) is 0 Å². The quantitative estimate of drug-likeness (QED) is 0.577. The first-order valence-corrected chi connectivity index (χ1v) is 8.15. The molecule has 0 saturated heterocycles. The molecule has 3 rings (SSSR count). The highest BCUT2D eigenvalue weighted by Crippen LogP contribution is 2.29. The van der Waals surface area contributed by atoms with Gasteiger partial charge in [-0.05, 0) is 29.8 Å². The lowest BCUT2D eigenvalue weighted by molar-refractivity contribution is 0.763. The van der Waals surface area contributed by atoms with Crippen molar-refractivity contribution in [1.82, 2.24) is 4.98 Å². The first-order chi connectivity index (χ1) is 9.76. The van der Waals surface area contributed by atoms with Crippen LogP contribution < -0.4 is 0 Å². The molecule has 3 aromatic rings. The lowest BCUT2D eigenvalue weighted by Gasteiger charge is -2.12. The molecule has 0 aliphatic heterocycles. The summed E-state index contributed by atoms with van der Waals surface area (Å²) in [7, 11) is 0. The molecule has 102 valence electrons. The second kappa shape index (κ2) is 6.13. The van der Waals surface area contributed by atoms with E-state index in [4.69, 9.17) is 23.2 Å². The number of thiazole rings is 1. The summed E-state index contributed by atoms with van der Waals surface area (Å²) in [5.74, 6) is 0.812. The normalized spacial score (nSPS) is 12.7.